The lowest BCUT2D eigenvalue weighted by Crippen LogP contribution is -2.46. The molecule has 1 saturated heterocycles. The Morgan fingerprint density at radius 1 is 1.41 bits per heavy atom. The van der Waals surface area contributed by atoms with Gasteiger partial charge in [0.15, 0.2) is 0 Å². The number of nitrogens with zero attached hydrogens (tertiary/aromatic N) is 2. The molecule has 17 heavy (non-hydrogen) atoms. The van der Waals surface area contributed by atoms with Crippen LogP contribution in [0.2, 0.25) is 0 Å². The van der Waals surface area contributed by atoms with E-state index in [1.165, 1.54) is 6.20 Å². The second-order valence-electron chi connectivity index (χ2n) is 5.32. The van der Waals surface area contributed by atoms with E-state index in [-0.39, 0.29) is 11.3 Å². The number of piperazine rings is 1. The predicted molar refractivity (Wildman–Crippen MR) is 64.0 cm³/mol. The Bertz CT molecular complexity index is 400. The average Bonchev–Trinajstić information content (AvgIpc) is 2.78. The number of nitrogens with one attached hydrogen (secondary N) is 1. The molecule has 1 aliphatic rings. The van der Waals surface area contributed by atoms with E-state index in [0.29, 0.717) is 11.7 Å². The molecule has 5 heteroatoms. The summed E-state index contributed by atoms with van der Waals surface area (Å²) in [6.45, 7) is 9.17. The third kappa shape index (κ3) is 2.66. The van der Waals surface area contributed by atoms with Crippen LogP contribution in [0.5, 0.6) is 0 Å². The molecule has 94 valence electrons. The van der Waals surface area contributed by atoms with Gasteiger partial charge < -0.3 is 14.6 Å². The average molecular weight is 237 g/mol. The molecule has 1 aromatic heterocycles. The van der Waals surface area contributed by atoms with E-state index < -0.39 is 0 Å². The maximum atomic E-state index is 12.1. The van der Waals surface area contributed by atoms with Crippen molar-refractivity contribution in [3.05, 3.63) is 17.8 Å². The van der Waals surface area contributed by atoms with E-state index >= 15 is 0 Å². The second kappa shape index (κ2) is 4.49. The lowest BCUT2D eigenvalue weighted by Gasteiger charge is -2.26. The zero-order valence-electron chi connectivity index (χ0n) is 10.6. The highest BCUT2D eigenvalue weighted by atomic mass is 16.4. The molecule has 1 N–H and O–H groups in total. The highest BCUT2D eigenvalue weighted by Gasteiger charge is 2.25. The fraction of sp³-hybridized carbons (Fsp3) is 0.667. The third-order valence-electron chi connectivity index (χ3n) is 2.76. The molecule has 2 rings (SSSR count). The van der Waals surface area contributed by atoms with Crippen LogP contribution >= 0.6 is 0 Å². The van der Waals surface area contributed by atoms with Crippen LogP contribution in [0.1, 0.15) is 37.2 Å². The van der Waals surface area contributed by atoms with Crippen molar-refractivity contribution < 1.29 is 9.21 Å². The molecule has 5 nitrogen and oxygen atoms in total. The molecule has 2 heterocycles. The van der Waals surface area contributed by atoms with E-state index in [1.54, 1.807) is 4.90 Å². The van der Waals surface area contributed by atoms with Crippen LogP contribution in [-0.4, -0.2) is 42.0 Å². The third-order valence-corrected chi connectivity index (χ3v) is 2.76. The SMILES string of the molecule is CC(C)(C)c1ncc(C(=O)N2CCNCC2)o1. The maximum absolute atomic E-state index is 12.1. The molecule has 0 bridgehead atoms. The van der Waals surface area contributed by atoms with Crippen molar-refractivity contribution in [2.75, 3.05) is 26.2 Å². The first-order valence-electron chi connectivity index (χ1n) is 5.95. The Morgan fingerprint density at radius 2 is 2.06 bits per heavy atom. The van der Waals surface area contributed by atoms with Crippen molar-refractivity contribution in [3.8, 4) is 0 Å². The highest BCUT2D eigenvalue weighted by molar-refractivity contribution is 5.91. The van der Waals surface area contributed by atoms with Gasteiger partial charge in [-0.2, -0.15) is 0 Å². The molecular formula is C12H19N3O2. The summed E-state index contributed by atoms with van der Waals surface area (Å²) in [5.41, 5.74) is -0.165. The van der Waals surface area contributed by atoms with E-state index in [9.17, 15) is 4.79 Å². The van der Waals surface area contributed by atoms with E-state index in [4.69, 9.17) is 4.42 Å². The van der Waals surface area contributed by atoms with Gasteiger partial charge in [0.1, 0.15) is 0 Å². The Balaban J connectivity index is 2.11. The summed E-state index contributed by atoms with van der Waals surface area (Å²) >= 11 is 0. The molecule has 0 radical (unpaired) electrons. The van der Waals surface area contributed by atoms with Crippen molar-refractivity contribution in [1.82, 2.24) is 15.2 Å². The van der Waals surface area contributed by atoms with Gasteiger partial charge in [0.25, 0.3) is 5.91 Å². The molecular weight excluding hydrogens is 218 g/mol. The molecule has 0 spiro atoms. The number of amides is 1. The maximum Gasteiger partial charge on any atom is 0.291 e. The normalized spacial score (nSPS) is 17.2. The van der Waals surface area contributed by atoms with Gasteiger partial charge in [0.05, 0.1) is 6.20 Å². The van der Waals surface area contributed by atoms with Gasteiger partial charge >= 0.3 is 0 Å². The quantitative estimate of drug-likeness (QED) is 0.792. The summed E-state index contributed by atoms with van der Waals surface area (Å²) in [4.78, 5) is 18.1. The van der Waals surface area contributed by atoms with Gasteiger partial charge in [-0.3, -0.25) is 4.79 Å². The van der Waals surface area contributed by atoms with Crippen LogP contribution in [0.15, 0.2) is 10.6 Å². The van der Waals surface area contributed by atoms with Crippen LogP contribution < -0.4 is 5.32 Å². The monoisotopic (exact) mass is 237 g/mol. The summed E-state index contributed by atoms with van der Waals surface area (Å²) in [5.74, 6) is 0.891. The predicted octanol–water partition coefficient (Wildman–Crippen LogP) is 1.02. The number of hydrogen-bond acceptors (Lipinski definition) is 4. The van der Waals surface area contributed by atoms with Gasteiger partial charge in [-0.15, -0.1) is 0 Å². The molecule has 0 saturated carbocycles. The molecule has 1 aromatic rings. The Kier molecular flexibility index (Phi) is 3.19. The number of carbonyl (C=O) groups excluding carboxylic acids is 1. The second-order valence-corrected chi connectivity index (χ2v) is 5.32. The van der Waals surface area contributed by atoms with Crippen molar-refractivity contribution in [3.63, 3.8) is 0 Å². The first-order valence-corrected chi connectivity index (χ1v) is 5.95. The van der Waals surface area contributed by atoms with Crippen molar-refractivity contribution in [1.29, 1.82) is 0 Å². The van der Waals surface area contributed by atoms with E-state index in [1.807, 2.05) is 20.8 Å². The Morgan fingerprint density at radius 3 is 2.59 bits per heavy atom. The zero-order valence-corrected chi connectivity index (χ0v) is 10.6. The van der Waals surface area contributed by atoms with Crippen LogP contribution in [0.3, 0.4) is 0 Å². The fourth-order valence-electron chi connectivity index (χ4n) is 1.74. The standard InChI is InChI=1S/C12H19N3O2/c1-12(2,3)11-14-8-9(17-11)10(16)15-6-4-13-5-7-15/h8,13H,4-7H2,1-3H3. The van der Waals surface area contributed by atoms with Crippen molar-refractivity contribution >= 4 is 5.91 Å². The summed E-state index contributed by atoms with van der Waals surface area (Å²) in [5, 5.41) is 3.21. The van der Waals surface area contributed by atoms with Crippen LogP contribution in [0.4, 0.5) is 0 Å². The largest absolute Gasteiger partial charge is 0.435 e. The smallest absolute Gasteiger partial charge is 0.291 e. The first kappa shape index (κ1) is 12.1. The Labute approximate surface area is 101 Å². The number of carbonyl (C=O) groups is 1. The fourth-order valence-corrected chi connectivity index (χ4v) is 1.74. The molecule has 0 unspecified atom stereocenters. The minimum atomic E-state index is -0.165. The van der Waals surface area contributed by atoms with E-state index in [2.05, 4.69) is 10.3 Å². The molecule has 1 aliphatic heterocycles. The Hall–Kier alpha value is -1.36. The molecule has 0 atom stereocenters. The lowest BCUT2D eigenvalue weighted by atomic mass is 9.97. The molecule has 0 aliphatic carbocycles. The summed E-state index contributed by atoms with van der Waals surface area (Å²) in [6, 6.07) is 0. The van der Waals surface area contributed by atoms with Gasteiger partial charge in [-0.05, 0) is 0 Å². The molecule has 0 aromatic carbocycles. The van der Waals surface area contributed by atoms with Gasteiger partial charge in [0.2, 0.25) is 11.7 Å². The lowest BCUT2D eigenvalue weighted by molar-refractivity contribution is 0.0700. The first-order chi connectivity index (χ1) is 7.98. The van der Waals surface area contributed by atoms with Crippen molar-refractivity contribution in [2.24, 2.45) is 0 Å². The highest BCUT2D eigenvalue weighted by Crippen LogP contribution is 2.22. The van der Waals surface area contributed by atoms with Gasteiger partial charge in [-0.1, -0.05) is 20.8 Å². The minimum absolute atomic E-state index is 0.0606. The topological polar surface area (TPSA) is 58.4 Å². The summed E-state index contributed by atoms with van der Waals surface area (Å²) in [7, 11) is 0. The summed E-state index contributed by atoms with van der Waals surface area (Å²) in [6.07, 6.45) is 1.53. The minimum Gasteiger partial charge on any atom is -0.435 e. The van der Waals surface area contributed by atoms with Crippen LogP contribution in [0, 0.1) is 0 Å². The summed E-state index contributed by atoms with van der Waals surface area (Å²) < 4.78 is 5.54. The zero-order chi connectivity index (χ0) is 12.5. The van der Waals surface area contributed by atoms with Gasteiger partial charge in [0, 0.05) is 31.6 Å². The number of oxazole rings is 1. The van der Waals surface area contributed by atoms with Crippen LogP contribution in [0.25, 0.3) is 0 Å². The van der Waals surface area contributed by atoms with Crippen molar-refractivity contribution in [2.45, 2.75) is 26.2 Å². The van der Waals surface area contributed by atoms with Crippen LogP contribution in [-0.2, 0) is 5.41 Å². The molecule has 1 fully saturated rings. The molecule has 1 amide bonds. The van der Waals surface area contributed by atoms with E-state index in [0.717, 1.165) is 26.2 Å². The number of hydrogen-bond donors (Lipinski definition) is 1. The number of aromatic nitrogens is 1. The van der Waals surface area contributed by atoms with Gasteiger partial charge in [-0.25, -0.2) is 4.98 Å². The number of rotatable bonds is 1.